The summed E-state index contributed by atoms with van der Waals surface area (Å²) in [6, 6.07) is 6.96. The normalized spacial score (nSPS) is 17.7. The summed E-state index contributed by atoms with van der Waals surface area (Å²) in [7, 11) is -3.75. The minimum atomic E-state index is -3.75. The van der Waals surface area contributed by atoms with Crippen LogP contribution in [-0.4, -0.2) is 46.2 Å². The van der Waals surface area contributed by atoms with Crippen molar-refractivity contribution in [3.63, 3.8) is 0 Å². The Hall–Kier alpha value is -1.32. The van der Waals surface area contributed by atoms with Gasteiger partial charge < -0.3 is 4.74 Å². The highest BCUT2D eigenvalue weighted by Crippen LogP contribution is 2.24. The highest BCUT2D eigenvalue weighted by molar-refractivity contribution is 7.89. The van der Waals surface area contributed by atoms with Crippen LogP contribution < -0.4 is 4.72 Å². The van der Waals surface area contributed by atoms with E-state index >= 15 is 0 Å². The van der Waals surface area contributed by atoms with Crippen LogP contribution in [0.25, 0.3) is 0 Å². The Morgan fingerprint density at radius 3 is 2.75 bits per heavy atom. The Morgan fingerprint density at radius 2 is 2.08 bits per heavy atom. The molecule has 2 heterocycles. The molecule has 1 atom stereocenters. The average molecular weight is 370 g/mol. The van der Waals surface area contributed by atoms with E-state index in [2.05, 4.69) is 9.62 Å². The van der Waals surface area contributed by atoms with Crippen LogP contribution in [0, 0.1) is 5.82 Å². The summed E-state index contributed by atoms with van der Waals surface area (Å²) < 4.78 is 46.1. The quantitative estimate of drug-likeness (QED) is 0.847. The Kier molecular flexibility index (Phi) is 5.62. The zero-order chi connectivity index (χ0) is 17.0. The number of morpholine rings is 1. The van der Waals surface area contributed by atoms with Gasteiger partial charge in [0, 0.05) is 25.7 Å². The number of halogens is 1. The van der Waals surface area contributed by atoms with Crippen LogP contribution in [0.5, 0.6) is 0 Å². The van der Waals surface area contributed by atoms with Gasteiger partial charge in [-0.2, -0.15) is 11.3 Å². The highest BCUT2D eigenvalue weighted by atomic mass is 32.2. The van der Waals surface area contributed by atoms with Gasteiger partial charge in [0.1, 0.15) is 5.82 Å². The number of hydrogen-bond acceptors (Lipinski definition) is 5. The number of hydrogen-bond donors (Lipinski definition) is 1. The summed E-state index contributed by atoms with van der Waals surface area (Å²) >= 11 is 1.58. The van der Waals surface area contributed by atoms with Crippen molar-refractivity contribution in [2.75, 3.05) is 32.8 Å². The number of thiophene rings is 1. The van der Waals surface area contributed by atoms with E-state index in [0.29, 0.717) is 13.2 Å². The summed E-state index contributed by atoms with van der Waals surface area (Å²) in [4.78, 5) is 2.15. The van der Waals surface area contributed by atoms with Crippen molar-refractivity contribution in [3.05, 3.63) is 52.5 Å². The van der Waals surface area contributed by atoms with Crippen molar-refractivity contribution < 1.29 is 17.5 Å². The van der Waals surface area contributed by atoms with Crippen molar-refractivity contribution in [3.8, 4) is 0 Å². The van der Waals surface area contributed by atoms with Crippen molar-refractivity contribution in [1.82, 2.24) is 9.62 Å². The van der Waals surface area contributed by atoms with Gasteiger partial charge in [-0.15, -0.1) is 0 Å². The molecule has 0 unspecified atom stereocenters. The Bertz CT molecular complexity index is 759. The molecule has 0 saturated carbocycles. The molecule has 1 N–H and O–H groups in total. The number of sulfonamides is 1. The summed E-state index contributed by atoms with van der Waals surface area (Å²) in [6.07, 6.45) is 0. The molecule has 0 bridgehead atoms. The number of nitrogens with zero attached hydrogens (tertiary/aromatic N) is 1. The van der Waals surface area contributed by atoms with E-state index in [0.717, 1.165) is 24.7 Å². The molecule has 1 aliphatic rings. The van der Waals surface area contributed by atoms with Gasteiger partial charge in [0.05, 0.1) is 18.1 Å². The van der Waals surface area contributed by atoms with Crippen molar-refractivity contribution in [1.29, 1.82) is 0 Å². The minimum absolute atomic E-state index is 0.0615. The molecule has 0 aliphatic carbocycles. The second-order valence-corrected chi connectivity index (χ2v) is 8.08. The van der Waals surface area contributed by atoms with E-state index < -0.39 is 15.8 Å². The maximum atomic E-state index is 13.3. The van der Waals surface area contributed by atoms with E-state index in [-0.39, 0.29) is 17.5 Å². The molecule has 0 spiro atoms. The first-order chi connectivity index (χ1) is 11.6. The first-order valence-electron chi connectivity index (χ1n) is 7.65. The molecule has 130 valence electrons. The van der Waals surface area contributed by atoms with Crippen molar-refractivity contribution in [2.45, 2.75) is 10.9 Å². The molecule has 1 aliphatic heterocycles. The SMILES string of the molecule is O=S(=O)(NC[C@@H](c1ccsc1)N1CCOCC1)c1cccc(F)c1. The Balaban J connectivity index is 1.75. The van der Waals surface area contributed by atoms with Gasteiger partial charge in [-0.05, 0) is 40.6 Å². The molecule has 5 nitrogen and oxygen atoms in total. The van der Waals surface area contributed by atoms with Crippen LogP contribution in [0.2, 0.25) is 0 Å². The first kappa shape index (κ1) is 17.5. The van der Waals surface area contributed by atoms with Crippen LogP contribution in [0.4, 0.5) is 4.39 Å². The molecule has 2 aromatic rings. The zero-order valence-corrected chi connectivity index (χ0v) is 14.7. The van der Waals surface area contributed by atoms with Gasteiger partial charge >= 0.3 is 0 Å². The van der Waals surface area contributed by atoms with Crippen LogP contribution in [0.3, 0.4) is 0 Å². The van der Waals surface area contributed by atoms with Gasteiger partial charge in [0.15, 0.2) is 0 Å². The number of ether oxygens (including phenoxy) is 1. The zero-order valence-electron chi connectivity index (χ0n) is 13.0. The lowest BCUT2D eigenvalue weighted by molar-refractivity contribution is 0.0173. The van der Waals surface area contributed by atoms with E-state index in [1.807, 2.05) is 16.8 Å². The molecular weight excluding hydrogens is 351 g/mol. The third-order valence-electron chi connectivity index (χ3n) is 3.99. The maximum Gasteiger partial charge on any atom is 0.240 e. The van der Waals surface area contributed by atoms with E-state index in [1.54, 1.807) is 11.3 Å². The van der Waals surface area contributed by atoms with Gasteiger partial charge in [0.2, 0.25) is 10.0 Å². The van der Waals surface area contributed by atoms with E-state index in [1.165, 1.54) is 18.2 Å². The third-order valence-corrected chi connectivity index (χ3v) is 6.11. The smallest absolute Gasteiger partial charge is 0.240 e. The monoisotopic (exact) mass is 370 g/mol. The maximum absolute atomic E-state index is 13.3. The standard InChI is InChI=1S/C16H19FN2O3S2/c17-14-2-1-3-15(10-14)24(20,21)18-11-16(13-4-9-23-12-13)19-5-7-22-8-6-19/h1-4,9-10,12,16,18H,5-8,11H2/t16-/m0/s1. The highest BCUT2D eigenvalue weighted by Gasteiger charge is 2.25. The number of rotatable bonds is 6. The van der Waals surface area contributed by atoms with Gasteiger partial charge in [-0.1, -0.05) is 6.07 Å². The van der Waals surface area contributed by atoms with E-state index in [9.17, 15) is 12.8 Å². The molecule has 1 aromatic carbocycles. The molecular formula is C16H19FN2O3S2. The molecule has 1 aromatic heterocycles. The molecule has 3 rings (SSSR count). The second-order valence-electron chi connectivity index (χ2n) is 5.53. The van der Waals surface area contributed by atoms with Gasteiger partial charge in [-0.3, -0.25) is 4.90 Å². The predicted molar refractivity (Wildman–Crippen MR) is 91.0 cm³/mol. The summed E-state index contributed by atoms with van der Waals surface area (Å²) in [5.41, 5.74) is 1.07. The van der Waals surface area contributed by atoms with E-state index in [4.69, 9.17) is 4.74 Å². The lowest BCUT2D eigenvalue weighted by Crippen LogP contribution is -2.43. The Labute approximate surface area is 145 Å². The van der Waals surface area contributed by atoms with Gasteiger partial charge in [0.25, 0.3) is 0 Å². The third kappa shape index (κ3) is 4.20. The van der Waals surface area contributed by atoms with Crippen molar-refractivity contribution >= 4 is 21.4 Å². The van der Waals surface area contributed by atoms with Crippen LogP contribution >= 0.6 is 11.3 Å². The summed E-state index contributed by atoms with van der Waals surface area (Å²) in [5.74, 6) is -0.569. The van der Waals surface area contributed by atoms with Crippen LogP contribution in [0.1, 0.15) is 11.6 Å². The molecule has 0 amide bonds. The molecule has 24 heavy (non-hydrogen) atoms. The van der Waals surface area contributed by atoms with Gasteiger partial charge in [-0.25, -0.2) is 17.5 Å². The summed E-state index contributed by atoms with van der Waals surface area (Å²) in [5, 5.41) is 4.00. The first-order valence-corrected chi connectivity index (χ1v) is 10.1. The Morgan fingerprint density at radius 1 is 1.29 bits per heavy atom. The fraction of sp³-hybridized carbons (Fsp3) is 0.375. The lowest BCUT2D eigenvalue weighted by atomic mass is 10.1. The molecule has 1 fully saturated rings. The average Bonchev–Trinajstić information content (AvgIpc) is 3.10. The van der Waals surface area contributed by atoms with Crippen molar-refractivity contribution in [2.24, 2.45) is 0 Å². The number of nitrogens with one attached hydrogen (secondary N) is 1. The minimum Gasteiger partial charge on any atom is -0.379 e. The van der Waals surface area contributed by atoms with Crippen LogP contribution in [-0.2, 0) is 14.8 Å². The fourth-order valence-electron chi connectivity index (χ4n) is 2.72. The predicted octanol–water partition coefficient (Wildman–Crippen LogP) is 2.24. The number of benzene rings is 1. The topological polar surface area (TPSA) is 58.6 Å². The largest absolute Gasteiger partial charge is 0.379 e. The van der Waals surface area contributed by atoms with Crippen LogP contribution in [0.15, 0.2) is 46.0 Å². The fourth-order valence-corrected chi connectivity index (χ4v) is 4.49. The molecule has 1 saturated heterocycles. The second kappa shape index (κ2) is 7.71. The molecule has 0 radical (unpaired) electrons. The summed E-state index contributed by atoms with van der Waals surface area (Å²) in [6.45, 7) is 3.01. The molecule has 8 heteroatoms. The lowest BCUT2D eigenvalue weighted by Gasteiger charge is -2.34.